The molecule has 0 fully saturated rings. The highest BCUT2D eigenvalue weighted by atomic mass is 35.5. The van der Waals surface area contributed by atoms with Gasteiger partial charge >= 0.3 is 0 Å². The van der Waals surface area contributed by atoms with Crippen molar-refractivity contribution in [3.63, 3.8) is 0 Å². The van der Waals surface area contributed by atoms with Gasteiger partial charge in [-0.15, -0.1) is 0 Å². The van der Waals surface area contributed by atoms with Crippen molar-refractivity contribution in [3.05, 3.63) is 51.3 Å². The largest absolute Gasteiger partial charge is 0.276 e. The molecule has 2 aromatic rings. The van der Waals surface area contributed by atoms with Crippen LogP contribution in [0.15, 0.2) is 29.4 Å². The Kier molecular flexibility index (Phi) is 4.83. The second-order valence-electron chi connectivity index (χ2n) is 4.46. The minimum Gasteiger partial charge on any atom is -0.222 e. The third kappa shape index (κ3) is 3.91. The molecule has 0 bridgehead atoms. The van der Waals surface area contributed by atoms with E-state index in [1.165, 1.54) is 0 Å². The van der Waals surface area contributed by atoms with Crippen molar-refractivity contribution in [1.82, 2.24) is 14.7 Å². The van der Waals surface area contributed by atoms with Crippen LogP contribution in [0.3, 0.4) is 0 Å². The topological polar surface area (TPSA) is 72.0 Å². The van der Waals surface area contributed by atoms with Gasteiger partial charge in [0.25, 0.3) is 15.2 Å². The average molecular weight is 346 g/mol. The highest BCUT2D eigenvalue weighted by Gasteiger charge is 2.19. The molecule has 0 saturated heterocycles. The number of sulfonamides is 1. The molecule has 0 aliphatic rings. The van der Waals surface area contributed by atoms with Crippen LogP contribution < -0.4 is 4.72 Å². The molecule has 0 unspecified atom stereocenters. The van der Waals surface area contributed by atoms with Crippen LogP contribution in [-0.2, 0) is 16.6 Å². The highest BCUT2D eigenvalue weighted by molar-refractivity contribution is 7.89. The van der Waals surface area contributed by atoms with Crippen LogP contribution in [-0.4, -0.2) is 18.4 Å². The lowest BCUT2D eigenvalue weighted by molar-refractivity contribution is 0.570. The van der Waals surface area contributed by atoms with E-state index >= 15 is 0 Å². The number of nitrogens with zero attached hydrogens (tertiary/aromatic N) is 2. The summed E-state index contributed by atoms with van der Waals surface area (Å²) in [4.78, 5) is 7.87. The number of rotatable bonds is 4. The third-order valence-electron chi connectivity index (χ3n) is 2.70. The second-order valence-corrected chi connectivity index (χ2v) is 6.93. The number of aromatic nitrogens is 2. The normalized spacial score (nSPS) is 11.6. The van der Waals surface area contributed by atoms with Crippen LogP contribution in [0.4, 0.5) is 0 Å². The van der Waals surface area contributed by atoms with Crippen molar-refractivity contribution in [2.45, 2.75) is 25.5 Å². The molecular formula is C13H13Cl2N3O2S. The van der Waals surface area contributed by atoms with Gasteiger partial charge < -0.3 is 0 Å². The minimum atomic E-state index is -3.83. The molecule has 1 heterocycles. The molecule has 21 heavy (non-hydrogen) atoms. The molecule has 0 aliphatic heterocycles. The summed E-state index contributed by atoms with van der Waals surface area (Å²) in [5.41, 5.74) is 1.67. The standard InChI is InChI=1S/C13H13Cl2N3O2S/c1-8-6-9(2)18-13(17-8)21(19,20)16-7-10-11(14)4-3-5-12(10)15/h3-6,16H,7H2,1-2H3. The summed E-state index contributed by atoms with van der Waals surface area (Å²) in [6.07, 6.45) is 0. The van der Waals surface area contributed by atoms with E-state index < -0.39 is 10.0 Å². The maximum Gasteiger partial charge on any atom is 0.276 e. The van der Waals surface area contributed by atoms with Crippen LogP contribution in [0.25, 0.3) is 0 Å². The van der Waals surface area contributed by atoms with Gasteiger partial charge in [-0.3, -0.25) is 0 Å². The van der Waals surface area contributed by atoms with Gasteiger partial charge in [-0.1, -0.05) is 29.3 Å². The van der Waals surface area contributed by atoms with Crippen LogP contribution >= 0.6 is 23.2 Å². The number of hydrogen-bond donors (Lipinski definition) is 1. The van der Waals surface area contributed by atoms with E-state index in [-0.39, 0.29) is 11.7 Å². The first-order valence-electron chi connectivity index (χ1n) is 6.04. The van der Waals surface area contributed by atoms with Gasteiger partial charge in [0.1, 0.15) is 0 Å². The van der Waals surface area contributed by atoms with E-state index in [1.54, 1.807) is 38.1 Å². The first-order chi connectivity index (χ1) is 9.79. The first kappa shape index (κ1) is 16.2. The minimum absolute atomic E-state index is 0.0306. The van der Waals surface area contributed by atoms with Gasteiger partial charge in [-0.2, -0.15) is 0 Å². The number of hydrogen-bond acceptors (Lipinski definition) is 4. The lowest BCUT2D eigenvalue weighted by Gasteiger charge is -2.09. The molecule has 2 rings (SSSR count). The first-order valence-corrected chi connectivity index (χ1v) is 8.28. The molecule has 0 amide bonds. The Bertz CT molecular complexity index is 738. The molecule has 1 aromatic carbocycles. The predicted octanol–water partition coefficient (Wildman–Crippen LogP) is 2.88. The van der Waals surface area contributed by atoms with Gasteiger partial charge in [-0.25, -0.2) is 23.1 Å². The molecule has 0 saturated carbocycles. The Morgan fingerprint density at radius 1 is 1.10 bits per heavy atom. The molecule has 0 atom stereocenters. The quantitative estimate of drug-likeness (QED) is 0.864. The Balaban J connectivity index is 2.26. The maximum absolute atomic E-state index is 12.2. The summed E-state index contributed by atoms with van der Waals surface area (Å²) in [6, 6.07) is 6.68. The van der Waals surface area contributed by atoms with E-state index in [2.05, 4.69) is 14.7 Å². The lowest BCUT2D eigenvalue weighted by atomic mass is 10.2. The Hall–Kier alpha value is -1.21. The summed E-state index contributed by atoms with van der Waals surface area (Å²) < 4.78 is 26.8. The fraction of sp³-hybridized carbons (Fsp3) is 0.231. The maximum atomic E-state index is 12.2. The van der Waals surface area contributed by atoms with E-state index in [0.717, 1.165) is 0 Å². The van der Waals surface area contributed by atoms with Crippen molar-refractivity contribution in [3.8, 4) is 0 Å². The molecule has 1 N–H and O–H groups in total. The highest BCUT2D eigenvalue weighted by Crippen LogP contribution is 2.24. The fourth-order valence-electron chi connectivity index (χ4n) is 1.75. The Morgan fingerprint density at radius 2 is 1.62 bits per heavy atom. The third-order valence-corrected chi connectivity index (χ3v) is 4.60. The van der Waals surface area contributed by atoms with E-state index in [0.29, 0.717) is 27.0 Å². The van der Waals surface area contributed by atoms with Crippen LogP contribution in [0, 0.1) is 13.8 Å². The SMILES string of the molecule is Cc1cc(C)nc(S(=O)(=O)NCc2c(Cl)cccc2Cl)n1. The average Bonchev–Trinajstić information content (AvgIpc) is 2.37. The molecule has 112 valence electrons. The van der Waals surface area contributed by atoms with Gasteiger partial charge in [0.2, 0.25) is 0 Å². The summed E-state index contributed by atoms with van der Waals surface area (Å²) in [5.74, 6) is 0. The number of nitrogens with one attached hydrogen (secondary N) is 1. The van der Waals surface area contributed by atoms with E-state index in [1.807, 2.05) is 0 Å². The van der Waals surface area contributed by atoms with Crippen LogP contribution in [0.1, 0.15) is 17.0 Å². The van der Waals surface area contributed by atoms with Gasteiger partial charge in [0.15, 0.2) is 0 Å². The van der Waals surface area contributed by atoms with Crippen molar-refractivity contribution in [2.24, 2.45) is 0 Å². The fourth-order valence-corrected chi connectivity index (χ4v) is 3.27. The zero-order chi connectivity index (χ0) is 15.6. The van der Waals surface area contributed by atoms with Gasteiger partial charge in [0.05, 0.1) is 0 Å². The number of benzene rings is 1. The van der Waals surface area contributed by atoms with Gasteiger partial charge in [0, 0.05) is 33.5 Å². The van der Waals surface area contributed by atoms with Crippen molar-refractivity contribution >= 4 is 33.2 Å². The van der Waals surface area contributed by atoms with E-state index in [4.69, 9.17) is 23.2 Å². The van der Waals surface area contributed by atoms with Crippen LogP contribution in [0.2, 0.25) is 10.0 Å². The zero-order valence-electron chi connectivity index (χ0n) is 11.4. The lowest BCUT2D eigenvalue weighted by Crippen LogP contribution is -2.26. The monoisotopic (exact) mass is 345 g/mol. The molecule has 0 radical (unpaired) electrons. The van der Waals surface area contributed by atoms with Gasteiger partial charge in [-0.05, 0) is 32.0 Å². The summed E-state index contributed by atoms with van der Waals surface area (Å²) in [5, 5.41) is 0.529. The van der Waals surface area contributed by atoms with Crippen LogP contribution in [0.5, 0.6) is 0 Å². The predicted molar refractivity (Wildman–Crippen MR) is 82.0 cm³/mol. The zero-order valence-corrected chi connectivity index (χ0v) is 13.7. The molecule has 0 spiro atoms. The second kappa shape index (κ2) is 6.27. The summed E-state index contributed by atoms with van der Waals surface area (Å²) in [7, 11) is -3.83. The molecule has 5 nitrogen and oxygen atoms in total. The summed E-state index contributed by atoms with van der Waals surface area (Å²) in [6.45, 7) is 3.38. The number of halogens is 2. The molecular weight excluding hydrogens is 333 g/mol. The molecule has 1 aromatic heterocycles. The van der Waals surface area contributed by atoms with Crippen molar-refractivity contribution in [2.75, 3.05) is 0 Å². The molecule has 8 heteroatoms. The Morgan fingerprint density at radius 3 is 2.14 bits per heavy atom. The van der Waals surface area contributed by atoms with Crippen molar-refractivity contribution in [1.29, 1.82) is 0 Å². The molecule has 0 aliphatic carbocycles. The van der Waals surface area contributed by atoms with E-state index in [9.17, 15) is 8.42 Å². The number of aryl methyl sites for hydroxylation is 2. The van der Waals surface area contributed by atoms with Crippen molar-refractivity contribution < 1.29 is 8.42 Å². The summed E-state index contributed by atoms with van der Waals surface area (Å²) >= 11 is 12.0. The smallest absolute Gasteiger partial charge is 0.222 e. The Labute approximate surface area is 133 Å².